The van der Waals surface area contributed by atoms with Crippen molar-refractivity contribution >= 4 is 43.0 Å². The molecule has 1 amide bonds. The van der Waals surface area contributed by atoms with Gasteiger partial charge >= 0.3 is 0 Å². The topological polar surface area (TPSA) is 156 Å². The summed E-state index contributed by atoms with van der Waals surface area (Å²) in [5.41, 5.74) is 0.369. The summed E-state index contributed by atoms with van der Waals surface area (Å²) in [5, 5.41) is 13.3. The van der Waals surface area contributed by atoms with E-state index in [0.29, 0.717) is 18.8 Å². The number of carbonyl (C=O) groups is 1. The minimum Gasteiger partial charge on any atom is -0.322 e. The van der Waals surface area contributed by atoms with Crippen molar-refractivity contribution in [3.63, 3.8) is 0 Å². The highest BCUT2D eigenvalue weighted by molar-refractivity contribution is 7.92. The van der Waals surface area contributed by atoms with Crippen molar-refractivity contribution in [3.8, 4) is 0 Å². The van der Waals surface area contributed by atoms with Crippen LogP contribution < -0.4 is 10.0 Å². The molecule has 0 aliphatic rings. The van der Waals surface area contributed by atoms with Gasteiger partial charge in [-0.05, 0) is 54.6 Å². The molecular formula is C23H24N4O7S2. The fraction of sp³-hybridized carbons (Fsp3) is 0.174. The molecule has 3 rings (SSSR count). The van der Waals surface area contributed by atoms with E-state index >= 15 is 0 Å². The number of anilines is 2. The largest absolute Gasteiger partial charge is 0.322 e. The Labute approximate surface area is 209 Å². The molecular weight excluding hydrogens is 508 g/mol. The summed E-state index contributed by atoms with van der Waals surface area (Å²) in [6.45, 7) is 4.07. The van der Waals surface area contributed by atoms with Crippen molar-refractivity contribution in [3.05, 3.63) is 88.5 Å². The molecule has 190 valence electrons. The van der Waals surface area contributed by atoms with Crippen LogP contribution in [0.5, 0.6) is 0 Å². The smallest absolute Gasteiger partial charge is 0.269 e. The van der Waals surface area contributed by atoms with Crippen LogP contribution in [0.15, 0.2) is 82.6 Å². The highest BCUT2D eigenvalue weighted by Crippen LogP contribution is 2.22. The van der Waals surface area contributed by atoms with Crippen LogP contribution in [0, 0.1) is 10.1 Å². The molecule has 0 bridgehead atoms. The fourth-order valence-corrected chi connectivity index (χ4v) is 5.86. The molecule has 13 heteroatoms. The van der Waals surface area contributed by atoms with E-state index in [0.717, 1.165) is 0 Å². The molecule has 3 aromatic rings. The number of hydrogen-bond acceptors (Lipinski definition) is 7. The minimum atomic E-state index is -4.10. The normalized spacial score (nSPS) is 11.8. The maximum atomic E-state index is 12.9. The van der Waals surface area contributed by atoms with Crippen molar-refractivity contribution in [2.24, 2.45) is 0 Å². The molecule has 11 nitrogen and oxygen atoms in total. The molecule has 0 atom stereocenters. The van der Waals surface area contributed by atoms with Gasteiger partial charge in [0.05, 0.1) is 14.7 Å². The molecule has 0 aliphatic carbocycles. The third-order valence-corrected chi connectivity index (χ3v) is 8.64. The third kappa shape index (κ3) is 6.05. The number of rotatable bonds is 10. The lowest BCUT2D eigenvalue weighted by Gasteiger charge is -2.18. The molecule has 0 saturated heterocycles. The summed E-state index contributed by atoms with van der Waals surface area (Å²) < 4.78 is 54.7. The summed E-state index contributed by atoms with van der Waals surface area (Å²) in [4.78, 5) is 22.6. The second-order valence-electron chi connectivity index (χ2n) is 7.51. The Bertz CT molecular complexity index is 1470. The molecule has 0 radical (unpaired) electrons. The predicted octanol–water partition coefficient (Wildman–Crippen LogP) is 3.68. The van der Waals surface area contributed by atoms with E-state index in [-0.39, 0.29) is 26.7 Å². The number of benzene rings is 3. The number of non-ortho nitro benzene ring substituents is 1. The number of sulfonamides is 2. The molecule has 0 aliphatic heterocycles. The fourth-order valence-electron chi connectivity index (χ4n) is 3.30. The second-order valence-corrected chi connectivity index (χ2v) is 11.1. The first kappa shape index (κ1) is 26.8. The highest BCUT2D eigenvalue weighted by atomic mass is 32.2. The summed E-state index contributed by atoms with van der Waals surface area (Å²) in [7, 11) is -7.78. The van der Waals surface area contributed by atoms with E-state index in [2.05, 4.69) is 10.0 Å². The van der Waals surface area contributed by atoms with Gasteiger partial charge in [0.15, 0.2) is 0 Å². The Morgan fingerprint density at radius 1 is 0.861 bits per heavy atom. The number of nitro groups is 1. The molecule has 3 aromatic carbocycles. The first-order valence-electron chi connectivity index (χ1n) is 10.8. The Morgan fingerprint density at radius 3 is 2.00 bits per heavy atom. The van der Waals surface area contributed by atoms with E-state index in [1.54, 1.807) is 13.8 Å². The second kappa shape index (κ2) is 10.8. The van der Waals surface area contributed by atoms with Crippen LogP contribution in [0.4, 0.5) is 17.1 Å². The number of nitrogens with one attached hydrogen (secondary N) is 2. The summed E-state index contributed by atoms with van der Waals surface area (Å²) in [5.74, 6) is -0.605. The molecule has 0 aromatic heterocycles. The zero-order valence-electron chi connectivity index (χ0n) is 19.4. The Kier molecular flexibility index (Phi) is 8.07. The van der Waals surface area contributed by atoms with Crippen LogP contribution in [-0.2, 0) is 20.0 Å². The van der Waals surface area contributed by atoms with Gasteiger partial charge in [0.1, 0.15) is 0 Å². The number of hydrogen-bond donors (Lipinski definition) is 2. The van der Waals surface area contributed by atoms with Gasteiger partial charge in [-0.3, -0.25) is 19.6 Å². The van der Waals surface area contributed by atoms with Crippen LogP contribution in [0.2, 0.25) is 0 Å². The highest BCUT2D eigenvalue weighted by Gasteiger charge is 2.22. The maximum absolute atomic E-state index is 12.9. The van der Waals surface area contributed by atoms with E-state index in [4.69, 9.17) is 0 Å². The number of carbonyl (C=O) groups excluding carboxylic acids is 1. The molecule has 0 heterocycles. The monoisotopic (exact) mass is 532 g/mol. The van der Waals surface area contributed by atoms with Crippen LogP contribution in [0.3, 0.4) is 0 Å². The summed E-state index contributed by atoms with van der Waals surface area (Å²) in [6.07, 6.45) is 0. The standard InChI is InChI=1S/C23H24N4O7S2/c1-3-26(4-2)36(33,34)21-14-10-19(11-15-21)25-35(31,32)22-7-5-6-17(16-22)23(28)24-18-8-12-20(13-9-18)27(29)30/h5-16,25H,3-4H2,1-2H3,(H,24,28). The van der Waals surface area contributed by atoms with Gasteiger partial charge in [-0.15, -0.1) is 0 Å². The lowest BCUT2D eigenvalue weighted by molar-refractivity contribution is -0.384. The maximum Gasteiger partial charge on any atom is 0.269 e. The zero-order chi connectivity index (χ0) is 26.5. The van der Waals surface area contributed by atoms with Crippen molar-refractivity contribution in [1.82, 2.24) is 4.31 Å². The van der Waals surface area contributed by atoms with Crippen molar-refractivity contribution in [2.75, 3.05) is 23.1 Å². The van der Waals surface area contributed by atoms with Gasteiger partial charge in [0.25, 0.3) is 21.6 Å². The van der Waals surface area contributed by atoms with Crippen molar-refractivity contribution < 1.29 is 26.6 Å². The third-order valence-electron chi connectivity index (χ3n) is 5.19. The number of amides is 1. The molecule has 2 N–H and O–H groups in total. The van der Waals surface area contributed by atoms with Crippen molar-refractivity contribution in [2.45, 2.75) is 23.6 Å². The van der Waals surface area contributed by atoms with Gasteiger partial charge in [0, 0.05) is 42.2 Å². The molecule has 0 saturated carbocycles. The Morgan fingerprint density at radius 2 is 1.44 bits per heavy atom. The number of nitrogens with zero attached hydrogens (tertiary/aromatic N) is 2. The Balaban J connectivity index is 1.76. The number of nitro benzene ring substituents is 1. The lowest BCUT2D eigenvalue weighted by atomic mass is 10.2. The SMILES string of the molecule is CCN(CC)S(=O)(=O)c1ccc(NS(=O)(=O)c2cccc(C(=O)Nc3ccc([N+](=O)[O-])cc3)c2)cc1. The molecule has 0 unspecified atom stereocenters. The van der Waals surface area contributed by atoms with Gasteiger partial charge in [-0.2, -0.15) is 4.31 Å². The molecule has 0 fully saturated rings. The van der Waals surface area contributed by atoms with E-state index in [1.165, 1.54) is 77.1 Å². The van der Waals surface area contributed by atoms with E-state index in [9.17, 15) is 31.7 Å². The summed E-state index contributed by atoms with van der Waals surface area (Å²) in [6, 6.07) is 15.8. The van der Waals surface area contributed by atoms with Crippen molar-refractivity contribution in [1.29, 1.82) is 0 Å². The van der Waals surface area contributed by atoms with Gasteiger partial charge in [0.2, 0.25) is 10.0 Å². The van der Waals surface area contributed by atoms with E-state index < -0.39 is 30.9 Å². The van der Waals surface area contributed by atoms with Crippen LogP contribution in [0.1, 0.15) is 24.2 Å². The molecule has 36 heavy (non-hydrogen) atoms. The van der Waals surface area contributed by atoms with Crippen LogP contribution >= 0.6 is 0 Å². The van der Waals surface area contributed by atoms with Gasteiger partial charge in [-0.1, -0.05) is 19.9 Å². The lowest BCUT2D eigenvalue weighted by Crippen LogP contribution is -2.30. The summed E-state index contributed by atoms with van der Waals surface area (Å²) >= 11 is 0. The predicted molar refractivity (Wildman–Crippen MR) is 135 cm³/mol. The van der Waals surface area contributed by atoms with E-state index in [1.807, 2.05) is 0 Å². The average Bonchev–Trinajstić information content (AvgIpc) is 2.85. The average molecular weight is 533 g/mol. The molecule has 0 spiro atoms. The van der Waals surface area contributed by atoms with Gasteiger partial charge < -0.3 is 5.32 Å². The van der Waals surface area contributed by atoms with Gasteiger partial charge in [-0.25, -0.2) is 16.8 Å². The first-order valence-corrected chi connectivity index (χ1v) is 13.7. The first-order chi connectivity index (χ1) is 17.0. The minimum absolute atomic E-state index is 0.0408. The quantitative estimate of drug-likeness (QED) is 0.298. The Hall–Kier alpha value is -3.81. The van der Waals surface area contributed by atoms with Crippen LogP contribution in [-0.4, -0.2) is 45.1 Å². The van der Waals surface area contributed by atoms with Crippen LogP contribution in [0.25, 0.3) is 0 Å². The zero-order valence-corrected chi connectivity index (χ0v) is 21.0.